The van der Waals surface area contributed by atoms with Crippen molar-refractivity contribution in [2.75, 3.05) is 0 Å². The molecule has 1 aromatic carbocycles. The van der Waals surface area contributed by atoms with Crippen molar-refractivity contribution in [3.05, 3.63) is 46.5 Å². The second-order valence-electron chi connectivity index (χ2n) is 3.97. The zero-order valence-electron chi connectivity index (χ0n) is 10.3. The number of nitrogens with zero attached hydrogens (tertiary/aromatic N) is 1. The second-order valence-corrected chi connectivity index (χ2v) is 6.05. The summed E-state index contributed by atoms with van der Waals surface area (Å²) in [7, 11) is 0. The van der Waals surface area contributed by atoms with Gasteiger partial charge in [-0.25, -0.2) is 9.78 Å². The molecule has 0 aliphatic heterocycles. The molecule has 0 unspecified atom stereocenters. The van der Waals surface area contributed by atoms with Gasteiger partial charge in [-0.2, -0.15) is 0 Å². The molecule has 0 spiro atoms. The minimum absolute atomic E-state index is 0.0651. The van der Waals surface area contributed by atoms with E-state index in [2.05, 4.69) is 4.98 Å². The fourth-order valence-electron chi connectivity index (χ4n) is 1.48. The van der Waals surface area contributed by atoms with Crippen LogP contribution in [0, 0.1) is 0 Å². The number of thiazole rings is 1. The fraction of sp³-hybridized carbons (Fsp3) is 0.154. The first-order chi connectivity index (χ1) is 9.54. The second kappa shape index (κ2) is 6.53. The molecule has 20 heavy (non-hydrogen) atoms. The van der Waals surface area contributed by atoms with Crippen molar-refractivity contribution in [1.29, 1.82) is 0 Å². The summed E-state index contributed by atoms with van der Waals surface area (Å²) in [5, 5.41) is 19.2. The van der Waals surface area contributed by atoms with Gasteiger partial charge in [-0.05, 0) is 17.7 Å². The number of aromatic carboxylic acids is 1. The van der Waals surface area contributed by atoms with Gasteiger partial charge in [0.15, 0.2) is 0 Å². The van der Waals surface area contributed by atoms with E-state index in [4.69, 9.17) is 10.2 Å². The van der Waals surface area contributed by atoms with Gasteiger partial charge in [0.05, 0.1) is 17.7 Å². The third-order valence-corrected chi connectivity index (χ3v) is 4.57. The Bertz CT molecular complexity index is 622. The molecule has 0 fully saturated rings. The zero-order valence-corrected chi connectivity index (χ0v) is 11.9. The quantitative estimate of drug-likeness (QED) is 0.798. The molecule has 1 heterocycles. The molecule has 104 valence electrons. The Labute approximate surface area is 123 Å². The van der Waals surface area contributed by atoms with Gasteiger partial charge in [-0.1, -0.05) is 23.9 Å². The van der Waals surface area contributed by atoms with E-state index in [9.17, 15) is 9.59 Å². The smallest absolute Gasteiger partial charge is 0.335 e. The molecule has 0 amide bonds. The number of hydrogen-bond donors (Lipinski definition) is 2. The van der Waals surface area contributed by atoms with Gasteiger partial charge < -0.3 is 10.2 Å². The normalized spacial score (nSPS) is 10.4. The number of aliphatic carboxylic acids is 1. The van der Waals surface area contributed by atoms with Gasteiger partial charge in [-0.3, -0.25) is 4.79 Å². The van der Waals surface area contributed by atoms with Crippen LogP contribution in [0.3, 0.4) is 0 Å². The lowest BCUT2D eigenvalue weighted by Gasteiger charge is -2.00. The summed E-state index contributed by atoms with van der Waals surface area (Å²) in [6, 6.07) is 6.66. The van der Waals surface area contributed by atoms with E-state index in [0.717, 1.165) is 9.90 Å². The number of carbonyl (C=O) groups is 2. The van der Waals surface area contributed by atoms with Gasteiger partial charge in [0, 0.05) is 11.1 Å². The summed E-state index contributed by atoms with van der Waals surface area (Å²) in [5.74, 6) is -1.17. The van der Waals surface area contributed by atoms with Crippen molar-refractivity contribution in [3.63, 3.8) is 0 Å². The average Bonchev–Trinajstić information content (AvgIpc) is 2.83. The van der Waals surface area contributed by atoms with Crippen molar-refractivity contribution in [1.82, 2.24) is 4.98 Å². The first-order valence-electron chi connectivity index (χ1n) is 5.66. The van der Waals surface area contributed by atoms with Crippen LogP contribution in [0.1, 0.15) is 21.6 Å². The molecule has 0 aliphatic rings. The SMILES string of the molecule is O=C(O)Cc1csc(SCc2ccc(C(=O)O)cc2)n1. The van der Waals surface area contributed by atoms with Gasteiger partial charge in [0.25, 0.3) is 0 Å². The topological polar surface area (TPSA) is 87.5 Å². The van der Waals surface area contributed by atoms with Gasteiger partial charge in [-0.15, -0.1) is 11.3 Å². The van der Waals surface area contributed by atoms with Crippen LogP contribution < -0.4 is 0 Å². The Morgan fingerprint density at radius 2 is 1.90 bits per heavy atom. The summed E-state index contributed by atoms with van der Waals surface area (Å²) >= 11 is 2.92. The molecule has 0 aliphatic carbocycles. The van der Waals surface area contributed by atoms with E-state index in [-0.39, 0.29) is 12.0 Å². The summed E-state index contributed by atoms with van der Waals surface area (Å²) in [5.41, 5.74) is 1.82. The van der Waals surface area contributed by atoms with Gasteiger partial charge >= 0.3 is 11.9 Å². The average molecular weight is 309 g/mol. The molecule has 1 aromatic heterocycles. The van der Waals surface area contributed by atoms with Crippen LogP contribution in [-0.4, -0.2) is 27.1 Å². The maximum Gasteiger partial charge on any atom is 0.335 e. The number of hydrogen-bond acceptors (Lipinski definition) is 5. The zero-order chi connectivity index (χ0) is 14.5. The summed E-state index contributed by atoms with van der Waals surface area (Å²) in [6.45, 7) is 0. The largest absolute Gasteiger partial charge is 0.481 e. The molecule has 2 N–H and O–H groups in total. The summed E-state index contributed by atoms with van der Waals surface area (Å²) in [6.07, 6.45) is -0.0651. The minimum atomic E-state index is -0.942. The van der Waals surface area contributed by atoms with E-state index >= 15 is 0 Å². The Hall–Kier alpha value is -1.86. The van der Waals surface area contributed by atoms with Crippen molar-refractivity contribution in [3.8, 4) is 0 Å². The first-order valence-corrected chi connectivity index (χ1v) is 7.52. The molecule has 0 saturated carbocycles. The Kier molecular flexibility index (Phi) is 4.75. The summed E-state index contributed by atoms with van der Waals surface area (Å²) in [4.78, 5) is 25.5. The molecular weight excluding hydrogens is 298 g/mol. The van der Waals surface area contributed by atoms with E-state index in [0.29, 0.717) is 11.4 Å². The highest BCUT2D eigenvalue weighted by Crippen LogP contribution is 2.26. The number of rotatable bonds is 6. The molecule has 0 bridgehead atoms. The molecule has 5 nitrogen and oxygen atoms in total. The van der Waals surface area contributed by atoms with Crippen LogP contribution in [0.5, 0.6) is 0 Å². The molecule has 7 heteroatoms. The number of benzene rings is 1. The van der Waals surface area contributed by atoms with Crippen LogP contribution in [0.2, 0.25) is 0 Å². The lowest BCUT2D eigenvalue weighted by atomic mass is 10.1. The number of aromatic nitrogens is 1. The molecule has 0 atom stereocenters. The fourth-order valence-corrected chi connectivity index (χ4v) is 3.28. The monoisotopic (exact) mass is 309 g/mol. The highest BCUT2D eigenvalue weighted by molar-refractivity contribution is 8.00. The first kappa shape index (κ1) is 14.5. The van der Waals surface area contributed by atoms with Crippen LogP contribution in [-0.2, 0) is 17.0 Å². The Morgan fingerprint density at radius 1 is 1.20 bits per heavy atom. The summed E-state index contributed by atoms with van der Waals surface area (Å²) < 4.78 is 0.809. The van der Waals surface area contributed by atoms with Gasteiger partial charge in [0.2, 0.25) is 0 Å². The number of carboxylic acids is 2. The standard InChI is InChI=1S/C13H11NO4S2/c15-11(16)5-10-7-20-13(14-10)19-6-8-1-3-9(4-2-8)12(17)18/h1-4,7H,5-6H2,(H,15,16)(H,17,18). The van der Waals surface area contributed by atoms with E-state index in [1.807, 2.05) is 0 Å². The number of carboxylic acid groups (broad SMARTS) is 2. The van der Waals surface area contributed by atoms with E-state index in [1.54, 1.807) is 29.6 Å². The predicted octanol–water partition coefficient (Wildman–Crippen LogP) is 2.76. The lowest BCUT2D eigenvalue weighted by molar-refractivity contribution is -0.136. The minimum Gasteiger partial charge on any atom is -0.481 e. The number of thioether (sulfide) groups is 1. The maximum absolute atomic E-state index is 10.7. The van der Waals surface area contributed by atoms with E-state index < -0.39 is 11.9 Å². The van der Waals surface area contributed by atoms with Crippen molar-refractivity contribution in [2.45, 2.75) is 16.5 Å². The maximum atomic E-state index is 10.7. The molecule has 0 radical (unpaired) electrons. The van der Waals surface area contributed by atoms with Crippen LogP contribution >= 0.6 is 23.1 Å². The van der Waals surface area contributed by atoms with E-state index in [1.165, 1.54) is 23.1 Å². The van der Waals surface area contributed by atoms with Crippen molar-refractivity contribution >= 4 is 35.0 Å². The molecule has 2 aromatic rings. The highest BCUT2D eigenvalue weighted by Gasteiger charge is 2.07. The third-order valence-electron chi connectivity index (χ3n) is 2.43. The third kappa shape index (κ3) is 4.07. The predicted molar refractivity (Wildman–Crippen MR) is 76.4 cm³/mol. The Morgan fingerprint density at radius 3 is 2.50 bits per heavy atom. The van der Waals surface area contributed by atoms with Gasteiger partial charge in [0.1, 0.15) is 4.34 Å². The molecular formula is C13H11NO4S2. The highest BCUT2D eigenvalue weighted by atomic mass is 32.2. The molecule has 0 saturated heterocycles. The van der Waals surface area contributed by atoms with Crippen LogP contribution in [0.25, 0.3) is 0 Å². The lowest BCUT2D eigenvalue weighted by Crippen LogP contribution is -1.99. The van der Waals surface area contributed by atoms with Crippen molar-refractivity contribution in [2.24, 2.45) is 0 Å². The Balaban J connectivity index is 1.93. The van der Waals surface area contributed by atoms with Crippen LogP contribution in [0.15, 0.2) is 34.0 Å². The van der Waals surface area contributed by atoms with Crippen LogP contribution in [0.4, 0.5) is 0 Å². The molecule has 2 rings (SSSR count). The van der Waals surface area contributed by atoms with Crippen molar-refractivity contribution < 1.29 is 19.8 Å².